The first kappa shape index (κ1) is 15.1. The second-order valence-electron chi connectivity index (χ2n) is 4.31. The summed E-state index contributed by atoms with van der Waals surface area (Å²) in [5, 5.41) is 13.3. The van der Waals surface area contributed by atoms with Gasteiger partial charge in [-0.15, -0.1) is 11.3 Å². The van der Waals surface area contributed by atoms with E-state index in [1.54, 1.807) is 12.3 Å². The van der Waals surface area contributed by atoms with Crippen LogP contribution in [0.3, 0.4) is 0 Å². The molecule has 2 rings (SSSR count). The highest BCUT2D eigenvalue weighted by Gasteiger charge is 2.15. The van der Waals surface area contributed by atoms with Crippen molar-refractivity contribution < 1.29 is 19.1 Å². The molecule has 110 valence electrons. The lowest BCUT2D eigenvalue weighted by Gasteiger charge is -2.05. The maximum absolute atomic E-state index is 13.5. The normalized spacial score (nSPS) is 12.0. The molecule has 1 atom stereocenters. The number of anilines is 1. The summed E-state index contributed by atoms with van der Waals surface area (Å²) in [5.41, 5.74) is 5.52. The summed E-state index contributed by atoms with van der Waals surface area (Å²) in [6.07, 6.45) is 0. The largest absolute Gasteiger partial charge is 0.478 e. The molecule has 1 aromatic carbocycles. The van der Waals surface area contributed by atoms with Crippen LogP contribution in [0.1, 0.15) is 38.8 Å². The van der Waals surface area contributed by atoms with Gasteiger partial charge in [0.05, 0.1) is 11.6 Å². The first-order chi connectivity index (χ1) is 9.88. The number of carbonyl (C=O) groups excluding carboxylic acids is 1. The molecule has 0 fully saturated rings. The zero-order chi connectivity index (χ0) is 15.6. The van der Waals surface area contributed by atoms with E-state index in [0.29, 0.717) is 5.01 Å². The molecule has 0 aliphatic carbocycles. The average Bonchev–Trinajstić information content (AvgIpc) is 2.88. The van der Waals surface area contributed by atoms with Gasteiger partial charge in [0.25, 0.3) is 5.91 Å². The zero-order valence-corrected chi connectivity index (χ0v) is 11.8. The molecule has 2 aromatic rings. The van der Waals surface area contributed by atoms with Crippen molar-refractivity contribution in [1.29, 1.82) is 0 Å². The number of halogens is 1. The van der Waals surface area contributed by atoms with E-state index in [4.69, 9.17) is 10.8 Å². The van der Waals surface area contributed by atoms with Gasteiger partial charge in [0, 0.05) is 11.1 Å². The van der Waals surface area contributed by atoms with Crippen LogP contribution in [-0.2, 0) is 0 Å². The third-order valence-electron chi connectivity index (χ3n) is 2.60. The molecule has 6 nitrogen and oxygen atoms in total. The summed E-state index contributed by atoms with van der Waals surface area (Å²) in [4.78, 5) is 26.7. The Hall–Kier alpha value is -2.32. The van der Waals surface area contributed by atoms with E-state index in [0.717, 1.165) is 12.1 Å². The number of hydrogen-bond acceptors (Lipinski definition) is 5. The topological polar surface area (TPSA) is 105 Å². The van der Waals surface area contributed by atoms with Gasteiger partial charge in [0.1, 0.15) is 16.5 Å². The SMILES string of the molecule is CC(N)c1nc(C(=O)Nc2ccc(C(=O)O)c(F)c2)cs1. The van der Waals surface area contributed by atoms with Crippen molar-refractivity contribution in [1.82, 2.24) is 4.98 Å². The number of benzene rings is 1. The van der Waals surface area contributed by atoms with E-state index in [1.165, 1.54) is 17.4 Å². The van der Waals surface area contributed by atoms with E-state index >= 15 is 0 Å². The van der Waals surface area contributed by atoms with E-state index in [1.807, 2.05) is 0 Å². The fraction of sp³-hybridized carbons (Fsp3) is 0.154. The Morgan fingerprint density at radius 2 is 2.19 bits per heavy atom. The van der Waals surface area contributed by atoms with Crippen LogP contribution in [-0.4, -0.2) is 22.0 Å². The first-order valence-corrected chi connectivity index (χ1v) is 6.81. The molecule has 1 aromatic heterocycles. The molecule has 0 saturated heterocycles. The Bertz CT molecular complexity index is 700. The maximum atomic E-state index is 13.5. The van der Waals surface area contributed by atoms with Gasteiger partial charge in [-0.1, -0.05) is 0 Å². The minimum absolute atomic E-state index is 0.151. The number of nitrogens with two attached hydrogens (primary N) is 1. The van der Waals surface area contributed by atoms with Gasteiger partial charge in [-0.05, 0) is 25.1 Å². The second-order valence-corrected chi connectivity index (χ2v) is 5.20. The monoisotopic (exact) mass is 309 g/mol. The molecule has 0 bridgehead atoms. The van der Waals surface area contributed by atoms with Crippen molar-refractivity contribution in [2.75, 3.05) is 5.32 Å². The Morgan fingerprint density at radius 1 is 1.48 bits per heavy atom. The molecule has 0 saturated carbocycles. The van der Waals surface area contributed by atoms with Crippen molar-refractivity contribution >= 4 is 28.9 Å². The predicted octanol–water partition coefficient (Wildman–Crippen LogP) is 2.25. The maximum Gasteiger partial charge on any atom is 0.338 e. The molecular formula is C13H12FN3O3S. The number of nitrogens with zero attached hydrogens (tertiary/aromatic N) is 1. The third kappa shape index (κ3) is 3.41. The fourth-order valence-corrected chi connectivity index (χ4v) is 2.32. The number of carboxylic acid groups (broad SMARTS) is 1. The average molecular weight is 309 g/mol. The lowest BCUT2D eigenvalue weighted by molar-refractivity contribution is 0.0692. The number of carboxylic acids is 1. The van der Waals surface area contributed by atoms with Gasteiger partial charge in [-0.2, -0.15) is 0 Å². The Morgan fingerprint density at radius 3 is 2.71 bits per heavy atom. The molecular weight excluding hydrogens is 297 g/mol. The first-order valence-electron chi connectivity index (χ1n) is 5.93. The molecule has 8 heteroatoms. The van der Waals surface area contributed by atoms with E-state index in [2.05, 4.69) is 10.3 Å². The van der Waals surface area contributed by atoms with E-state index < -0.39 is 23.3 Å². The van der Waals surface area contributed by atoms with Crippen molar-refractivity contribution in [3.05, 3.63) is 45.7 Å². The zero-order valence-electron chi connectivity index (χ0n) is 11.0. The number of amides is 1. The fourth-order valence-electron chi connectivity index (χ4n) is 1.56. The van der Waals surface area contributed by atoms with Crippen LogP contribution < -0.4 is 11.1 Å². The van der Waals surface area contributed by atoms with Gasteiger partial charge in [0.2, 0.25) is 0 Å². The highest BCUT2D eigenvalue weighted by Crippen LogP contribution is 2.18. The standard InChI is InChI=1S/C13H12FN3O3S/c1-6(15)12-17-10(5-21-12)11(18)16-7-2-3-8(13(19)20)9(14)4-7/h2-6H,15H2,1H3,(H,16,18)(H,19,20). The number of rotatable bonds is 4. The summed E-state index contributed by atoms with van der Waals surface area (Å²) < 4.78 is 13.5. The lowest BCUT2D eigenvalue weighted by atomic mass is 10.2. The summed E-state index contributed by atoms with van der Waals surface area (Å²) in [7, 11) is 0. The molecule has 0 radical (unpaired) electrons. The van der Waals surface area contributed by atoms with Crippen LogP contribution in [0.5, 0.6) is 0 Å². The van der Waals surface area contributed by atoms with Gasteiger partial charge in [-0.25, -0.2) is 14.2 Å². The van der Waals surface area contributed by atoms with Crippen molar-refractivity contribution in [3.63, 3.8) is 0 Å². The number of aromatic carboxylic acids is 1. The van der Waals surface area contributed by atoms with Crippen LogP contribution in [0.4, 0.5) is 10.1 Å². The van der Waals surface area contributed by atoms with Crippen LogP contribution in [0.15, 0.2) is 23.6 Å². The number of carbonyl (C=O) groups is 2. The highest BCUT2D eigenvalue weighted by molar-refractivity contribution is 7.09. The molecule has 1 unspecified atom stereocenters. The van der Waals surface area contributed by atoms with E-state index in [9.17, 15) is 14.0 Å². The number of aromatic nitrogens is 1. The minimum Gasteiger partial charge on any atom is -0.478 e. The Labute approximate surface area is 123 Å². The van der Waals surface area contributed by atoms with Gasteiger partial charge in [-0.3, -0.25) is 4.79 Å². The molecule has 0 aliphatic heterocycles. The van der Waals surface area contributed by atoms with Crippen LogP contribution >= 0.6 is 11.3 Å². The van der Waals surface area contributed by atoms with Crippen molar-refractivity contribution in [3.8, 4) is 0 Å². The van der Waals surface area contributed by atoms with Gasteiger partial charge >= 0.3 is 5.97 Å². The number of nitrogens with one attached hydrogen (secondary N) is 1. The summed E-state index contributed by atoms with van der Waals surface area (Å²) >= 11 is 1.26. The summed E-state index contributed by atoms with van der Waals surface area (Å²) in [6.45, 7) is 1.75. The Kier molecular flexibility index (Phi) is 4.29. The molecule has 1 heterocycles. The number of thiazole rings is 1. The smallest absolute Gasteiger partial charge is 0.338 e. The quantitative estimate of drug-likeness (QED) is 0.803. The molecule has 0 spiro atoms. The molecule has 1 amide bonds. The van der Waals surface area contributed by atoms with Crippen LogP contribution in [0.25, 0.3) is 0 Å². The molecule has 0 aliphatic rings. The second kappa shape index (κ2) is 5.98. The molecule has 21 heavy (non-hydrogen) atoms. The van der Waals surface area contributed by atoms with Crippen LogP contribution in [0.2, 0.25) is 0 Å². The van der Waals surface area contributed by atoms with Crippen LogP contribution in [0, 0.1) is 5.82 Å². The summed E-state index contributed by atoms with van der Waals surface area (Å²) in [5.74, 6) is -2.80. The third-order valence-corrected chi connectivity index (χ3v) is 3.65. The Balaban J connectivity index is 2.15. The highest BCUT2D eigenvalue weighted by atomic mass is 32.1. The van der Waals surface area contributed by atoms with Crippen molar-refractivity contribution in [2.24, 2.45) is 5.73 Å². The van der Waals surface area contributed by atoms with Crippen molar-refractivity contribution in [2.45, 2.75) is 13.0 Å². The lowest BCUT2D eigenvalue weighted by Crippen LogP contribution is -2.14. The number of hydrogen-bond donors (Lipinski definition) is 3. The molecule has 4 N–H and O–H groups in total. The van der Waals surface area contributed by atoms with E-state index in [-0.39, 0.29) is 17.4 Å². The van der Waals surface area contributed by atoms with Gasteiger partial charge < -0.3 is 16.2 Å². The van der Waals surface area contributed by atoms with Gasteiger partial charge in [0.15, 0.2) is 0 Å². The summed E-state index contributed by atoms with van der Waals surface area (Å²) in [6, 6.07) is 3.06. The minimum atomic E-state index is -1.37. The predicted molar refractivity (Wildman–Crippen MR) is 76.0 cm³/mol.